The van der Waals surface area contributed by atoms with E-state index in [0.29, 0.717) is 12.5 Å². The number of methoxy groups -OCH3 is 1. The molecular formula is C14H23N3O2. The molecule has 1 aromatic heterocycles. The van der Waals surface area contributed by atoms with Crippen LogP contribution in [0.3, 0.4) is 0 Å². The van der Waals surface area contributed by atoms with E-state index >= 15 is 0 Å². The second-order valence-electron chi connectivity index (χ2n) is 5.44. The Kier molecular flexibility index (Phi) is 3.67. The molecular weight excluding hydrogens is 242 g/mol. The molecule has 1 aromatic rings. The van der Waals surface area contributed by atoms with Crippen molar-refractivity contribution >= 4 is 5.97 Å². The van der Waals surface area contributed by atoms with Crippen molar-refractivity contribution in [2.45, 2.75) is 45.7 Å². The van der Waals surface area contributed by atoms with Crippen molar-refractivity contribution in [2.75, 3.05) is 14.2 Å². The Labute approximate surface area is 114 Å². The van der Waals surface area contributed by atoms with Gasteiger partial charge in [0.05, 0.1) is 19.3 Å². The minimum Gasteiger partial charge on any atom is -0.468 e. The molecule has 1 fully saturated rings. The summed E-state index contributed by atoms with van der Waals surface area (Å²) in [6.07, 6.45) is 2.13. The first-order valence-corrected chi connectivity index (χ1v) is 6.74. The molecule has 0 aromatic carbocycles. The van der Waals surface area contributed by atoms with Crippen molar-refractivity contribution in [3.8, 4) is 0 Å². The Morgan fingerprint density at radius 2 is 2.11 bits per heavy atom. The van der Waals surface area contributed by atoms with Gasteiger partial charge in [-0.25, -0.2) is 4.79 Å². The van der Waals surface area contributed by atoms with E-state index in [0.717, 1.165) is 24.2 Å². The maximum Gasteiger partial charge on any atom is 0.328 e. The van der Waals surface area contributed by atoms with E-state index in [-0.39, 0.29) is 5.97 Å². The van der Waals surface area contributed by atoms with Crippen LogP contribution in [0.25, 0.3) is 0 Å². The summed E-state index contributed by atoms with van der Waals surface area (Å²) in [4.78, 5) is 12.2. The van der Waals surface area contributed by atoms with Crippen molar-refractivity contribution in [1.82, 2.24) is 15.1 Å². The smallest absolute Gasteiger partial charge is 0.328 e. The van der Waals surface area contributed by atoms with Gasteiger partial charge in [0, 0.05) is 5.69 Å². The van der Waals surface area contributed by atoms with Crippen LogP contribution in [0, 0.1) is 26.7 Å². The van der Waals surface area contributed by atoms with Gasteiger partial charge in [-0.2, -0.15) is 5.10 Å². The predicted molar refractivity (Wildman–Crippen MR) is 73.0 cm³/mol. The van der Waals surface area contributed by atoms with Gasteiger partial charge in [-0.1, -0.05) is 0 Å². The summed E-state index contributed by atoms with van der Waals surface area (Å²) in [5.74, 6) is 0.150. The number of hydrogen-bond donors (Lipinski definition) is 1. The molecule has 0 radical (unpaired) electrons. The van der Waals surface area contributed by atoms with Crippen molar-refractivity contribution in [2.24, 2.45) is 5.92 Å². The topological polar surface area (TPSA) is 56.2 Å². The number of aromatic nitrogens is 2. The summed E-state index contributed by atoms with van der Waals surface area (Å²) in [7, 11) is 3.27. The van der Waals surface area contributed by atoms with E-state index in [9.17, 15) is 4.79 Å². The highest BCUT2D eigenvalue weighted by Gasteiger charge is 2.51. The van der Waals surface area contributed by atoms with Gasteiger partial charge in [0.15, 0.2) is 0 Å². The van der Waals surface area contributed by atoms with Crippen LogP contribution >= 0.6 is 0 Å². The second-order valence-corrected chi connectivity index (χ2v) is 5.44. The fourth-order valence-electron chi connectivity index (χ4n) is 2.68. The normalized spacial score (nSPS) is 18.2. The molecule has 0 amide bonds. The molecule has 1 N–H and O–H groups in total. The maximum absolute atomic E-state index is 12.2. The summed E-state index contributed by atoms with van der Waals surface area (Å²) < 4.78 is 6.94. The molecule has 1 atom stereocenters. The third-order valence-electron chi connectivity index (χ3n) is 4.41. The molecule has 1 saturated carbocycles. The van der Waals surface area contributed by atoms with Gasteiger partial charge in [0.1, 0.15) is 5.54 Å². The first kappa shape index (κ1) is 14.1. The highest BCUT2D eigenvalue weighted by molar-refractivity contribution is 5.81. The zero-order valence-corrected chi connectivity index (χ0v) is 12.4. The molecule has 1 aliphatic rings. The van der Waals surface area contributed by atoms with Crippen LogP contribution in [-0.2, 0) is 16.1 Å². The highest BCUT2D eigenvalue weighted by atomic mass is 16.5. The van der Waals surface area contributed by atoms with E-state index in [1.165, 1.54) is 12.7 Å². The standard InChI is InChI=1S/C14H23N3O2/c1-9-10(2)16-17(11(9)3)8-14(15-4,12-6-7-12)13(18)19-5/h12,15H,6-8H2,1-5H3. The number of nitrogens with zero attached hydrogens (tertiary/aromatic N) is 2. The van der Waals surface area contributed by atoms with E-state index in [1.54, 1.807) is 0 Å². The number of esters is 1. The van der Waals surface area contributed by atoms with Crippen LogP contribution in [0.4, 0.5) is 0 Å². The molecule has 0 spiro atoms. The van der Waals surface area contributed by atoms with E-state index in [1.807, 2.05) is 25.6 Å². The number of nitrogens with one attached hydrogen (secondary N) is 1. The molecule has 5 heteroatoms. The molecule has 0 saturated heterocycles. The van der Waals surface area contributed by atoms with Crippen LogP contribution in [0.1, 0.15) is 29.8 Å². The summed E-state index contributed by atoms with van der Waals surface area (Å²) in [5.41, 5.74) is 2.67. The molecule has 0 aliphatic heterocycles. The Morgan fingerprint density at radius 1 is 1.47 bits per heavy atom. The maximum atomic E-state index is 12.2. The van der Waals surface area contributed by atoms with E-state index in [2.05, 4.69) is 17.3 Å². The van der Waals surface area contributed by atoms with Crippen molar-refractivity contribution in [3.63, 3.8) is 0 Å². The molecule has 5 nitrogen and oxygen atoms in total. The lowest BCUT2D eigenvalue weighted by Crippen LogP contribution is -2.56. The molecule has 2 rings (SSSR count). The predicted octanol–water partition coefficient (Wildman–Crippen LogP) is 1.35. The summed E-state index contributed by atoms with van der Waals surface area (Å²) in [6, 6.07) is 0. The van der Waals surface area contributed by atoms with Crippen molar-refractivity contribution in [3.05, 3.63) is 17.0 Å². The minimum absolute atomic E-state index is 0.192. The van der Waals surface area contributed by atoms with Gasteiger partial charge >= 0.3 is 5.97 Å². The Bertz CT molecular complexity index is 491. The van der Waals surface area contributed by atoms with E-state index < -0.39 is 5.54 Å². The summed E-state index contributed by atoms with van der Waals surface area (Å²) in [5, 5.41) is 7.74. The lowest BCUT2D eigenvalue weighted by Gasteiger charge is -2.31. The van der Waals surface area contributed by atoms with Crippen LogP contribution in [-0.4, -0.2) is 35.4 Å². The Hall–Kier alpha value is -1.36. The SMILES string of the molecule is CNC(Cn1nc(C)c(C)c1C)(C(=O)OC)C1CC1. The van der Waals surface area contributed by atoms with Gasteiger partial charge in [0.2, 0.25) is 0 Å². The third-order valence-corrected chi connectivity index (χ3v) is 4.41. The third kappa shape index (κ3) is 2.27. The van der Waals surface area contributed by atoms with Crippen LogP contribution in [0.2, 0.25) is 0 Å². The van der Waals surface area contributed by atoms with E-state index in [4.69, 9.17) is 4.74 Å². The van der Waals surface area contributed by atoms with Crippen LogP contribution in [0.5, 0.6) is 0 Å². The van der Waals surface area contributed by atoms with Gasteiger partial charge in [-0.05, 0) is 52.1 Å². The average molecular weight is 265 g/mol. The Balaban J connectivity index is 2.35. The average Bonchev–Trinajstić information content (AvgIpc) is 3.22. The fraction of sp³-hybridized carbons (Fsp3) is 0.714. The minimum atomic E-state index is -0.648. The fourth-order valence-corrected chi connectivity index (χ4v) is 2.68. The van der Waals surface area contributed by atoms with Gasteiger partial charge in [0.25, 0.3) is 0 Å². The Morgan fingerprint density at radius 3 is 2.47 bits per heavy atom. The number of hydrogen-bond acceptors (Lipinski definition) is 4. The largest absolute Gasteiger partial charge is 0.468 e. The van der Waals surface area contributed by atoms with Gasteiger partial charge < -0.3 is 10.1 Å². The molecule has 1 aliphatic carbocycles. The van der Waals surface area contributed by atoms with Crippen molar-refractivity contribution in [1.29, 1.82) is 0 Å². The monoisotopic (exact) mass is 265 g/mol. The van der Waals surface area contributed by atoms with Crippen LogP contribution in [0.15, 0.2) is 0 Å². The molecule has 19 heavy (non-hydrogen) atoms. The number of likely N-dealkylation sites (N-methyl/N-ethyl adjacent to an activating group) is 1. The summed E-state index contributed by atoms with van der Waals surface area (Å²) >= 11 is 0. The number of carbonyl (C=O) groups excluding carboxylic acids is 1. The molecule has 1 heterocycles. The summed E-state index contributed by atoms with van der Waals surface area (Å²) in [6.45, 7) is 6.63. The quantitative estimate of drug-likeness (QED) is 0.817. The second kappa shape index (κ2) is 4.96. The lowest BCUT2D eigenvalue weighted by atomic mass is 9.93. The van der Waals surface area contributed by atoms with Gasteiger partial charge in [-0.3, -0.25) is 4.68 Å². The molecule has 1 unspecified atom stereocenters. The zero-order chi connectivity index (χ0) is 14.2. The first-order valence-electron chi connectivity index (χ1n) is 6.74. The first-order chi connectivity index (χ1) is 8.96. The van der Waals surface area contributed by atoms with Gasteiger partial charge in [-0.15, -0.1) is 0 Å². The number of rotatable bonds is 5. The van der Waals surface area contributed by atoms with Crippen molar-refractivity contribution < 1.29 is 9.53 Å². The van der Waals surface area contributed by atoms with Crippen LogP contribution < -0.4 is 5.32 Å². The number of carbonyl (C=O) groups is 1. The highest BCUT2D eigenvalue weighted by Crippen LogP contribution is 2.41. The number of ether oxygens (including phenoxy) is 1. The zero-order valence-electron chi connectivity index (χ0n) is 12.4. The molecule has 106 valence electrons. The number of aryl methyl sites for hydroxylation is 1. The molecule has 0 bridgehead atoms. The lowest BCUT2D eigenvalue weighted by molar-refractivity contribution is -0.150.